The summed E-state index contributed by atoms with van der Waals surface area (Å²) in [6, 6.07) is 9.23. The van der Waals surface area contributed by atoms with Crippen molar-refractivity contribution in [3.05, 3.63) is 52.3 Å². The van der Waals surface area contributed by atoms with E-state index in [2.05, 4.69) is 5.10 Å². The molecule has 4 nitrogen and oxygen atoms in total. The Morgan fingerprint density at radius 1 is 1.40 bits per heavy atom. The number of Topliss-reactive ketones (excluding diaryl/α,β-unsaturated/α-hetero) is 1. The molecule has 0 fully saturated rings. The molecule has 1 aromatic carbocycles. The van der Waals surface area contributed by atoms with E-state index in [-0.39, 0.29) is 12.2 Å². The maximum absolute atomic E-state index is 12.2. The molecule has 5 heteroatoms. The van der Waals surface area contributed by atoms with Crippen molar-refractivity contribution in [1.29, 1.82) is 0 Å². The highest BCUT2D eigenvalue weighted by molar-refractivity contribution is 6.32. The Morgan fingerprint density at radius 3 is 2.60 bits per heavy atom. The monoisotopic (exact) mass is 291 g/mol. The number of halogens is 1. The first-order valence-corrected chi connectivity index (χ1v) is 6.87. The first-order valence-electron chi connectivity index (χ1n) is 6.49. The average Bonchev–Trinajstić information content (AvgIpc) is 2.66. The van der Waals surface area contributed by atoms with Crippen LogP contribution in [0.25, 0.3) is 0 Å². The van der Waals surface area contributed by atoms with Gasteiger partial charge in [0.1, 0.15) is 0 Å². The van der Waals surface area contributed by atoms with Crippen LogP contribution < -0.4 is 5.73 Å². The van der Waals surface area contributed by atoms with Crippen molar-refractivity contribution < 1.29 is 4.79 Å². The van der Waals surface area contributed by atoms with Gasteiger partial charge in [-0.15, -0.1) is 0 Å². The van der Waals surface area contributed by atoms with Crippen molar-refractivity contribution in [1.82, 2.24) is 9.78 Å². The van der Waals surface area contributed by atoms with Gasteiger partial charge in [0.25, 0.3) is 0 Å². The molecular weight excluding hydrogens is 274 g/mol. The molecule has 106 valence electrons. The van der Waals surface area contributed by atoms with Crippen molar-refractivity contribution in [2.75, 3.05) is 0 Å². The Morgan fingerprint density at radius 2 is 2.05 bits per heavy atom. The van der Waals surface area contributed by atoms with Gasteiger partial charge in [-0.3, -0.25) is 9.48 Å². The summed E-state index contributed by atoms with van der Waals surface area (Å²) >= 11 is 6.15. The van der Waals surface area contributed by atoms with Gasteiger partial charge in [0, 0.05) is 7.05 Å². The van der Waals surface area contributed by atoms with Crippen LogP contribution in [0.2, 0.25) is 5.02 Å². The van der Waals surface area contributed by atoms with E-state index in [9.17, 15) is 4.79 Å². The lowest BCUT2D eigenvalue weighted by Gasteiger charge is -2.11. The minimum Gasteiger partial charge on any atom is -0.321 e. The first-order chi connectivity index (χ1) is 9.49. The Bertz CT molecular complexity index is 607. The zero-order valence-electron chi connectivity index (χ0n) is 11.6. The van der Waals surface area contributed by atoms with Gasteiger partial charge in [-0.05, 0) is 18.9 Å². The number of aryl methyl sites for hydroxylation is 2. The third-order valence-corrected chi connectivity index (χ3v) is 3.81. The molecule has 0 bridgehead atoms. The second kappa shape index (κ2) is 6.20. The molecule has 1 heterocycles. The van der Waals surface area contributed by atoms with Crippen molar-refractivity contribution in [3.63, 3.8) is 0 Å². The minimum atomic E-state index is -0.524. The fraction of sp³-hybridized carbons (Fsp3) is 0.333. The minimum absolute atomic E-state index is 0.0289. The molecule has 2 N–H and O–H groups in total. The highest BCUT2D eigenvalue weighted by Crippen LogP contribution is 2.20. The first kappa shape index (κ1) is 14.8. The van der Waals surface area contributed by atoms with Gasteiger partial charge in [-0.25, -0.2) is 0 Å². The number of carbonyl (C=O) groups excluding carboxylic acids is 1. The van der Waals surface area contributed by atoms with Gasteiger partial charge in [-0.2, -0.15) is 5.10 Å². The Kier molecular flexibility index (Phi) is 4.57. The van der Waals surface area contributed by atoms with Gasteiger partial charge in [0.05, 0.1) is 28.9 Å². The van der Waals surface area contributed by atoms with E-state index < -0.39 is 6.04 Å². The quantitative estimate of drug-likeness (QED) is 0.917. The van der Waals surface area contributed by atoms with Crippen molar-refractivity contribution in [2.24, 2.45) is 12.8 Å². The maximum atomic E-state index is 12.2. The summed E-state index contributed by atoms with van der Waals surface area (Å²) in [4.78, 5) is 12.2. The molecular formula is C15H18ClN3O. The number of aromatic nitrogens is 2. The van der Waals surface area contributed by atoms with Crippen LogP contribution in [-0.4, -0.2) is 21.6 Å². The van der Waals surface area contributed by atoms with Crippen molar-refractivity contribution in [2.45, 2.75) is 25.8 Å². The predicted molar refractivity (Wildman–Crippen MR) is 79.8 cm³/mol. The number of nitrogens with two attached hydrogens (primary N) is 1. The molecule has 20 heavy (non-hydrogen) atoms. The van der Waals surface area contributed by atoms with E-state index in [1.54, 1.807) is 11.7 Å². The highest BCUT2D eigenvalue weighted by Gasteiger charge is 2.19. The fourth-order valence-corrected chi connectivity index (χ4v) is 2.38. The smallest absolute Gasteiger partial charge is 0.155 e. The SMILES string of the molecule is Cc1nn(C)c(CC(=O)C(N)Cc2ccccc2)c1Cl. The molecule has 1 aromatic heterocycles. The molecule has 0 amide bonds. The highest BCUT2D eigenvalue weighted by atomic mass is 35.5. The molecule has 0 saturated carbocycles. The van der Waals surface area contributed by atoms with E-state index in [0.717, 1.165) is 17.0 Å². The summed E-state index contributed by atoms with van der Waals surface area (Å²) < 4.78 is 1.64. The van der Waals surface area contributed by atoms with Crippen LogP contribution in [0.5, 0.6) is 0 Å². The maximum Gasteiger partial charge on any atom is 0.155 e. The lowest BCUT2D eigenvalue weighted by Crippen LogP contribution is -2.34. The van der Waals surface area contributed by atoms with Crippen molar-refractivity contribution >= 4 is 17.4 Å². The topological polar surface area (TPSA) is 60.9 Å². The van der Waals surface area contributed by atoms with Gasteiger partial charge < -0.3 is 5.73 Å². The lowest BCUT2D eigenvalue weighted by atomic mass is 10.0. The largest absolute Gasteiger partial charge is 0.321 e. The summed E-state index contributed by atoms with van der Waals surface area (Å²) in [7, 11) is 1.78. The number of hydrogen-bond donors (Lipinski definition) is 1. The summed E-state index contributed by atoms with van der Waals surface area (Å²) in [6.45, 7) is 1.82. The van der Waals surface area contributed by atoms with Crippen LogP contribution >= 0.6 is 11.6 Å². The summed E-state index contributed by atoms with van der Waals surface area (Å²) in [5, 5.41) is 4.75. The molecule has 1 atom stereocenters. The van der Waals surface area contributed by atoms with Gasteiger partial charge in [0.2, 0.25) is 0 Å². The van der Waals surface area contributed by atoms with Gasteiger partial charge >= 0.3 is 0 Å². The molecule has 2 rings (SSSR count). The zero-order chi connectivity index (χ0) is 14.7. The third-order valence-electron chi connectivity index (χ3n) is 3.32. The molecule has 2 aromatic rings. The normalized spacial score (nSPS) is 12.4. The van der Waals surface area contributed by atoms with Crippen LogP contribution in [0.1, 0.15) is 17.0 Å². The standard InChI is InChI=1S/C15H18ClN3O/c1-10-15(16)13(19(2)18-10)9-14(20)12(17)8-11-6-4-3-5-7-11/h3-7,12H,8-9,17H2,1-2H3. The van der Waals surface area contributed by atoms with E-state index in [4.69, 9.17) is 17.3 Å². The van der Waals surface area contributed by atoms with Gasteiger partial charge in [0.15, 0.2) is 5.78 Å². The molecule has 0 spiro atoms. The molecule has 1 unspecified atom stereocenters. The third kappa shape index (κ3) is 3.26. The average molecular weight is 292 g/mol. The molecule has 0 aliphatic heterocycles. The van der Waals surface area contributed by atoms with E-state index in [1.807, 2.05) is 37.3 Å². The molecule has 0 aliphatic carbocycles. The van der Waals surface area contributed by atoms with E-state index in [0.29, 0.717) is 11.4 Å². The fourth-order valence-electron chi connectivity index (χ4n) is 2.15. The van der Waals surface area contributed by atoms with Crippen LogP contribution in [-0.2, 0) is 24.7 Å². The number of hydrogen-bond acceptors (Lipinski definition) is 3. The van der Waals surface area contributed by atoms with Crippen LogP contribution in [0, 0.1) is 6.92 Å². The van der Waals surface area contributed by atoms with Crippen LogP contribution in [0.4, 0.5) is 0 Å². The number of nitrogens with zero attached hydrogens (tertiary/aromatic N) is 2. The zero-order valence-corrected chi connectivity index (χ0v) is 12.4. The molecule has 0 radical (unpaired) electrons. The number of rotatable bonds is 5. The molecule has 0 saturated heterocycles. The van der Waals surface area contributed by atoms with Crippen LogP contribution in [0.3, 0.4) is 0 Å². The Hall–Kier alpha value is -1.65. The van der Waals surface area contributed by atoms with Crippen LogP contribution in [0.15, 0.2) is 30.3 Å². The van der Waals surface area contributed by atoms with E-state index >= 15 is 0 Å². The Balaban J connectivity index is 2.04. The molecule has 0 aliphatic rings. The second-order valence-corrected chi connectivity index (χ2v) is 5.29. The summed E-state index contributed by atoms with van der Waals surface area (Å²) in [5.74, 6) is -0.0289. The lowest BCUT2D eigenvalue weighted by molar-refractivity contribution is -0.119. The van der Waals surface area contributed by atoms with E-state index in [1.165, 1.54) is 0 Å². The number of ketones is 1. The van der Waals surface area contributed by atoms with Crippen molar-refractivity contribution in [3.8, 4) is 0 Å². The second-order valence-electron chi connectivity index (χ2n) is 4.91. The predicted octanol–water partition coefficient (Wildman–Crippen LogP) is 2.06. The number of carbonyl (C=O) groups is 1. The summed E-state index contributed by atoms with van der Waals surface area (Å²) in [6.07, 6.45) is 0.748. The number of benzene rings is 1. The summed E-state index contributed by atoms with van der Waals surface area (Å²) in [5.41, 5.74) is 8.49. The van der Waals surface area contributed by atoms with Gasteiger partial charge in [-0.1, -0.05) is 41.9 Å². The Labute approximate surface area is 123 Å².